The summed E-state index contributed by atoms with van der Waals surface area (Å²) in [5, 5.41) is 0.252. The summed E-state index contributed by atoms with van der Waals surface area (Å²) in [7, 11) is 0. The van der Waals surface area contributed by atoms with Gasteiger partial charge in [-0.05, 0) is 37.1 Å². The Morgan fingerprint density at radius 1 is 1.62 bits per heavy atom. The van der Waals surface area contributed by atoms with Gasteiger partial charge >= 0.3 is 0 Å². The molecule has 3 nitrogen and oxygen atoms in total. The number of ether oxygens (including phenoxy) is 1. The Kier molecular flexibility index (Phi) is 3.71. The highest BCUT2D eigenvalue weighted by atomic mass is 35.5. The van der Waals surface area contributed by atoms with Gasteiger partial charge in [-0.2, -0.15) is 0 Å². The minimum atomic E-state index is 0.252. The molecule has 0 fully saturated rings. The van der Waals surface area contributed by atoms with Crippen molar-refractivity contribution in [3.63, 3.8) is 0 Å². The van der Waals surface area contributed by atoms with Gasteiger partial charge in [0.2, 0.25) is 5.28 Å². The van der Waals surface area contributed by atoms with E-state index >= 15 is 0 Å². The van der Waals surface area contributed by atoms with E-state index in [0.717, 1.165) is 11.3 Å². The van der Waals surface area contributed by atoms with E-state index in [1.54, 1.807) is 18.5 Å². The zero-order valence-corrected chi connectivity index (χ0v) is 8.38. The predicted octanol–water partition coefficient (Wildman–Crippen LogP) is 2.45. The van der Waals surface area contributed by atoms with E-state index in [0.29, 0.717) is 6.61 Å². The molecule has 0 N–H and O–H groups in total. The van der Waals surface area contributed by atoms with Crippen molar-refractivity contribution in [2.75, 3.05) is 6.61 Å². The molecule has 0 atom stereocenters. The highest BCUT2D eigenvalue weighted by molar-refractivity contribution is 6.28. The van der Waals surface area contributed by atoms with Gasteiger partial charge < -0.3 is 4.74 Å². The molecule has 0 aliphatic heterocycles. The average molecular weight is 199 g/mol. The molecule has 4 heteroatoms. The Labute approximate surface area is 82.4 Å². The number of nitrogens with zero attached hydrogens (tertiary/aromatic N) is 2. The first kappa shape index (κ1) is 9.99. The van der Waals surface area contributed by atoms with Gasteiger partial charge in [-0.15, -0.1) is 0 Å². The molecule has 13 heavy (non-hydrogen) atoms. The van der Waals surface area contributed by atoms with Crippen LogP contribution < -0.4 is 0 Å². The first-order chi connectivity index (χ1) is 6.24. The maximum absolute atomic E-state index is 5.63. The van der Waals surface area contributed by atoms with Gasteiger partial charge in [0.05, 0.1) is 18.6 Å². The van der Waals surface area contributed by atoms with Crippen molar-refractivity contribution in [1.29, 1.82) is 0 Å². The lowest BCUT2D eigenvalue weighted by molar-refractivity contribution is 0.272. The summed E-state index contributed by atoms with van der Waals surface area (Å²) in [4.78, 5) is 7.88. The van der Waals surface area contributed by atoms with Crippen LogP contribution in [0.2, 0.25) is 5.28 Å². The number of hydrogen-bond donors (Lipinski definition) is 0. The summed E-state index contributed by atoms with van der Waals surface area (Å²) in [6.45, 7) is 4.49. The van der Waals surface area contributed by atoms with Gasteiger partial charge in [0.25, 0.3) is 0 Å². The molecule has 0 aromatic carbocycles. The van der Waals surface area contributed by atoms with Gasteiger partial charge in [0, 0.05) is 6.20 Å². The van der Waals surface area contributed by atoms with E-state index in [1.165, 1.54) is 0 Å². The smallest absolute Gasteiger partial charge is 0.222 e. The Morgan fingerprint density at radius 2 is 2.38 bits per heavy atom. The topological polar surface area (TPSA) is 35.0 Å². The molecule has 0 aliphatic carbocycles. The number of aryl methyl sites for hydroxylation is 1. The molecular formula is C9H11ClN2O. The van der Waals surface area contributed by atoms with Crippen molar-refractivity contribution in [3.05, 3.63) is 29.0 Å². The molecule has 0 aliphatic rings. The van der Waals surface area contributed by atoms with Crippen molar-refractivity contribution < 1.29 is 4.74 Å². The molecule has 70 valence electrons. The summed E-state index contributed by atoms with van der Waals surface area (Å²) in [5.74, 6) is 0. The van der Waals surface area contributed by atoms with E-state index in [2.05, 4.69) is 9.97 Å². The third-order valence-corrected chi connectivity index (χ3v) is 1.65. The van der Waals surface area contributed by atoms with Crippen LogP contribution in [0.1, 0.15) is 18.2 Å². The Bertz CT molecular complexity index is 312. The molecule has 0 amide bonds. The van der Waals surface area contributed by atoms with Crippen LogP contribution in [0, 0.1) is 6.92 Å². The van der Waals surface area contributed by atoms with Crippen LogP contribution in [-0.4, -0.2) is 16.6 Å². The fourth-order valence-corrected chi connectivity index (χ4v) is 0.950. The van der Waals surface area contributed by atoms with Crippen LogP contribution in [0.25, 0.3) is 6.08 Å². The minimum Gasteiger partial charge on any atom is -0.501 e. The van der Waals surface area contributed by atoms with Crippen molar-refractivity contribution in [1.82, 2.24) is 9.97 Å². The molecule has 0 bridgehead atoms. The Balaban J connectivity index is 2.81. The molecule has 0 spiro atoms. The molecule has 0 unspecified atom stereocenters. The quantitative estimate of drug-likeness (QED) is 0.553. The lowest BCUT2D eigenvalue weighted by Gasteiger charge is -1.98. The van der Waals surface area contributed by atoms with Gasteiger partial charge in [0.1, 0.15) is 0 Å². The lowest BCUT2D eigenvalue weighted by Crippen LogP contribution is -1.90. The van der Waals surface area contributed by atoms with Crippen molar-refractivity contribution in [3.8, 4) is 0 Å². The van der Waals surface area contributed by atoms with E-state index in [9.17, 15) is 0 Å². The van der Waals surface area contributed by atoms with Gasteiger partial charge in [0.15, 0.2) is 0 Å². The standard InChI is InChI=1S/C9H11ClN2O/c1-3-13-5-4-8-7(2)6-11-9(10)12-8/h4-6H,3H2,1-2H3/b5-4+. The maximum Gasteiger partial charge on any atom is 0.222 e. The first-order valence-electron chi connectivity index (χ1n) is 4.01. The normalized spacial score (nSPS) is 10.7. The first-order valence-corrected chi connectivity index (χ1v) is 4.39. The molecule has 1 aromatic rings. The van der Waals surface area contributed by atoms with Crippen molar-refractivity contribution in [2.45, 2.75) is 13.8 Å². The van der Waals surface area contributed by atoms with Crippen LogP contribution in [0.4, 0.5) is 0 Å². The van der Waals surface area contributed by atoms with Crippen LogP contribution in [0.3, 0.4) is 0 Å². The largest absolute Gasteiger partial charge is 0.501 e. The fraction of sp³-hybridized carbons (Fsp3) is 0.333. The number of aromatic nitrogens is 2. The molecule has 0 radical (unpaired) electrons. The van der Waals surface area contributed by atoms with Crippen molar-refractivity contribution in [2.24, 2.45) is 0 Å². The van der Waals surface area contributed by atoms with Gasteiger partial charge in [-0.1, -0.05) is 0 Å². The third-order valence-electron chi connectivity index (χ3n) is 1.47. The zero-order valence-electron chi connectivity index (χ0n) is 7.62. The fourth-order valence-electron chi connectivity index (χ4n) is 0.810. The summed E-state index contributed by atoms with van der Waals surface area (Å²) < 4.78 is 5.05. The van der Waals surface area contributed by atoms with Crippen LogP contribution in [-0.2, 0) is 4.74 Å². The van der Waals surface area contributed by atoms with E-state index < -0.39 is 0 Å². The maximum atomic E-state index is 5.63. The van der Waals surface area contributed by atoms with E-state index in [4.69, 9.17) is 16.3 Å². The second kappa shape index (κ2) is 4.82. The SMILES string of the molecule is CCO/C=C/c1nc(Cl)ncc1C. The Hall–Kier alpha value is -1.09. The summed E-state index contributed by atoms with van der Waals surface area (Å²) >= 11 is 5.63. The van der Waals surface area contributed by atoms with Crippen LogP contribution in [0.5, 0.6) is 0 Å². The second-order valence-corrected chi connectivity index (χ2v) is 2.80. The Morgan fingerprint density at radius 3 is 3.08 bits per heavy atom. The number of hydrogen-bond acceptors (Lipinski definition) is 3. The van der Waals surface area contributed by atoms with Crippen LogP contribution in [0.15, 0.2) is 12.5 Å². The second-order valence-electron chi connectivity index (χ2n) is 2.47. The molecule has 1 heterocycles. The van der Waals surface area contributed by atoms with Gasteiger partial charge in [-0.3, -0.25) is 0 Å². The molecule has 0 saturated carbocycles. The van der Waals surface area contributed by atoms with Gasteiger partial charge in [-0.25, -0.2) is 9.97 Å². The van der Waals surface area contributed by atoms with E-state index in [-0.39, 0.29) is 5.28 Å². The highest BCUT2D eigenvalue weighted by Gasteiger charge is 1.97. The predicted molar refractivity (Wildman–Crippen MR) is 52.4 cm³/mol. The molecule has 1 aromatic heterocycles. The highest BCUT2D eigenvalue weighted by Crippen LogP contribution is 2.08. The third kappa shape index (κ3) is 3.03. The summed E-state index contributed by atoms with van der Waals surface area (Å²) in [6, 6.07) is 0. The van der Waals surface area contributed by atoms with Crippen molar-refractivity contribution >= 4 is 17.7 Å². The minimum absolute atomic E-state index is 0.252. The molecule has 0 saturated heterocycles. The number of halogens is 1. The van der Waals surface area contributed by atoms with E-state index in [1.807, 2.05) is 13.8 Å². The number of rotatable bonds is 3. The summed E-state index contributed by atoms with van der Waals surface area (Å²) in [6.07, 6.45) is 5.05. The monoisotopic (exact) mass is 198 g/mol. The zero-order chi connectivity index (χ0) is 9.68. The average Bonchev–Trinajstić information content (AvgIpc) is 2.11. The molecule has 1 rings (SSSR count). The lowest BCUT2D eigenvalue weighted by atomic mass is 10.2. The van der Waals surface area contributed by atoms with Crippen LogP contribution >= 0.6 is 11.6 Å². The molecular weight excluding hydrogens is 188 g/mol. The summed E-state index contributed by atoms with van der Waals surface area (Å²) in [5.41, 5.74) is 1.76.